The zero-order chi connectivity index (χ0) is 22.4. The molecule has 0 radical (unpaired) electrons. The smallest absolute Gasteiger partial charge is 0.160 e. The first-order chi connectivity index (χ1) is 16.2. The molecule has 0 amide bonds. The number of nitrogens with zero attached hydrogens (tertiary/aromatic N) is 4. The van der Waals surface area contributed by atoms with Gasteiger partial charge >= 0.3 is 0 Å². The highest BCUT2D eigenvalue weighted by molar-refractivity contribution is 5.97. The van der Waals surface area contributed by atoms with Gasteiger partial charge in [-0.1, -0.05) is 6.07 Å². The van der Waals surface area contributed by atoms with Crippen molar-refractivity contribution in [1.82, 2.24) is 30.1 Å². The van der Waals surface area contributed by atoms with Gasteiger partial charge in [0.25, 0.3) is 0 Å². The summed E-state index contributed by atoms with van der Waals surface area (Å²) in [6.45, 7) is 4.22. The number of hydrogen-bond donors (Lipinski definition) is 3. The molecule has 1 aromatic carbocycles. The fraction of sp³-hybridized carbons (Fsp3) is 0.120. The van der Waals surface area contributed by atoms with Gasteiger partial charge in [0, 0.05) is 46.7 Å². The van der Waals surface area contributed by atoms with Crippen molar-refractivity contribution < 1.29 is 4.42 Å². The Bertz CT molecular complexity index is 1580. The number of imidazole rings is 1. The third-order valence-corrected chi connectivity index (χ3v) is 5.53. The number of H-pyrrole nitrogens is 2. The Balaban J connectivity index is 1.45. The van der Waals surface area contributed by atoms with E-state index in [9.17, 15) is 0 Å². The Kier molecular flexibility index (Phi) is 4.43. The molecule has 8 nitrogen and oxygen atoms in total. The first kappa shape index (κ1) is 19.2. The van der Waals surface area contributed by atoms with Crippen LogP contribution in [-0.2, 0) is 0 Å². The number of benzene rings is 1. The van der Waals surface area contributed by atoms with Gasteiger partial charge in [-0.15, -0.1) is 0 Å². The monoisotopic (exact) mass is 435 g/mol. The van der Waals surface area contributed by atoms with E-state index in [1.165, 1.54) is 0 Å². The van der Waals surface area contributed by atoms with Gasteiger partial charge in [-0.25, -0.2) is 9.97 Å². The zero-order valence-electron chi connectivity index (χ0n) is 18.1. The van der Waals surface area contributed by atoms with E-state index in [0.717, 1.165) is 50.1 Å². The highest BCUT2D eigenvalue weighted by Crippen LogP contribution is 2.33. The number of aromatic nitrogens is 6. The Hall–Kier alpha value is -4.46. The maximum Gasteiger partial charge on any atom is 0.160 e. The quantitative estimate of drug-likeness (QED) is 0.323. The predicted octanol–water partition coefficient (Wildman–Crippen LogP) is 5.64. The maximum atomic E-state index is 5.25. The van der Waals surface area contributed by atoms with Gasteiger partial charge in [-0.2, -0.15) is 5.10 Å². The second-order valence-electron chi connectivity index (χ2n) is 8.25. The summed E-state index contributed by atoms with van der Waals surface area (Å²) >= 11 is 0. The summed E-state index contributed by atoms with van der Waals surface area (Å²) in [5, 5.41) is 12.0. The summed E-state index contributed by atoms with van der Waals surface area (Å²) < 4.78 is 5.25. The van der Waals surface area contributed by atoms with Crippen LogP contribution in [0.25, 0.3) is 55.8 Å². The van der Waals surface area contributed by atoms with Gasteiger partial charge in [0.05, 0.1) is 23.7 Å². The molecule has 0 atom stereocenters. The normalized spacial score (nSPS) is 11.6. The highest BCUT2D eigenvalue weighted by Gasteiger charge is 2.17. The molecule has 162 valence electrons. The summed E-state index contributed by atoms with van der Waals surface area (Å²) in [5.41, 5.74) is 8.14. The molecule has 33 heavy (non-hydrogen) atoms. The van der Waals surface area contributed by atoms with Crippen molar-refractivity contribution in [3.63, 3.8) is 0 Å². The molecule has 6 aromatic rings. The minimum atomic E-state index is 0.332. The third kappa shape index (κ3) is 3.41. The molecule has 0 unspecified atom stereocenters. The van der Waals surface area contributed by atoms with Crippen LogP contribution in [0.15, 0.2) is 71.9 Å². The number of furan rings is 1. The van der Waals surface area contributed by atoms with Crippen LogP contribution in [0.1, 0.15) is 13.8 Å². The van der Waals surface area contributed by atoms with Crippen molar-refractivity contribution >= 4 is 27.8 Å². The molecule has 0 bridgehead atoms. The van der Waals surface area contributed by atoms with Crippen LogP contribution in [0, 0.1) is 0 Å². The number of aromatic amines is 2. The Morgan fingerprint density at radius 3 is 2.79 bits per heavy atom. The van der Waals surface area contributed by atoms with E-state index in [0.29, 0.717) is 17.5 Å². The lowest BCUT2D eigenvalue weighted by Gasteiger charge is -2.11. The molecule has 3 N–H and O–H groups in total. The van der Waals surface area contributed by atoms with E-state index in [2.05, 4.69) is 62.5 Å². The van der Waals surface area contributed by atoms with E-state index < -0.39 is 0 Å². The lowest BCUT2D eigenvalue weighted by atomic mass is 10.0. The second kappa shape index (κ2) is 7.59. The summed E-state index contributed by atoms with van der Waals surface area (Å²) in [6, 6.07) is 12.5. The Morgan fingerprint density at radius 1 is 1.00 bits per heavy atom. The fourth-order valence-corrected chi connectivity index (χ4v) is 4.06. The minimum absolute atomic E-state index is 0.332. The summed E-state index contributed by atoms with van der Waals surface area (Å²) in [6.07, 6.45) is 8.83. The molecular formula is C25H21N7O. The summed E-state index contributed by atoms with van der Waals surface area (Å²) in [4.78, 5) is 17.0. The SMILES string of the molecule is CC(C)Nc1cncc(-c2ccc3[nH]nc(-c4nc5c(-c6ccoc6)ccnc5[nH]4)c3c2)c1. The Labute approximate surface area is 189 Å². The lowest BCUT2D eigenvalue weighted by molar-refractivity contribution is 0.568. The van der Waals surface area contributed by atoms with Gasteiger partial charge < -0.3 is 14.7 Å². The van der Waals surface area contributed by atoms with Gasteiger partial charge in [-0.3, -0.25) is 10.1 Å². The van der Waals surface area contributed by atoms with Crippen molar-refractivity contribution in [2.75, 3.05) is 5.32 Å². The lowest BCUT2D eigenvalue weighted by Crippen LogP contribution is -2.09. The topological polar surface area (TPSA) is 108 Å². The van der Waals surface area contributed by atoms with E-state index >= 15 is 0 Å². The zero-order valence-corrected chi connectivity index (χ0v) is 18.1. The Morgan fingerprint density at radius 2 is 1.94 bits per heavy atom. The molecule has 6 rings (SSSR count). The number of fused-ring (bicyclic) bond motifs is 2. The number of rotatable bonds is 5. The van der Waals surface area contributed by atoms with Crippen LogP contribution in [0.5, 0.6) is 0 Å². The maximum absolute atomic E-state index is 5.25. The average Bonchev–Trinajstić information content (AvgIpc) is 3.57. The fourth-order valence-electron chi connectivity index (χ4n) is 4.06. The van der Waals surface area contributed by atoms with E-state index in [4.69, 9.17) is 9.40 Å². The van der Waals surface area contributed by atoms with Gasteiger partial charge in [0.1, 0.15) is 11.2 Å². The molecule has 0 spiro atoms. The molecule has 8 heteroatoms. The number of pyridine rings is 2. The van der Waals surface area contributed by atoms with E-state index in [1.807, 2.05) is 30.6 Å². The predicted molar refractivity (Wildman–Crippen MR) is 129 cm³/mol. The van der Waals surface area contributed by atoms with Crippen molar-refractivity contribution in [3.05, 3.63) is 67.5 Å². The molecule has 0 aliphatic heterocycles. The number of hydrogen-bond acceptors (Lipinski definition) is 6. The van der Waals surface area contributed by atoms with Crippen LogP contribution >= 0.6 is 0 Å². The van der Waals surface area contributed by atoms with E-state index in [1.54, 1.807) is 18.7 Å². The van der Waals surface area contributed by atoms with E-state index in [-0.39, 0.29) is 0 Å². The molecule has 0 fully saturated rings. The number of nitrogens with one attached hydrogen (secondary N) is 3. The largest absolute Gasteiger partial charge is 0.472 e. The molecule has 0 aliphatic carbocycles. The molecule has 0 aliphatic rings. The van der Waals surface area contributed by atoms with Crippen molar-refractivity contribution in [1.29, 1.82) is 0 Å². The van der Waals surface area contributed by atoms with Crippen LogP contribution in [-0.4, -0.2) is 36.2 Å². The third-order valence-electron chi connectivity index (χ3n) is 5.53. The van der Waals surface area contributed by atoms with Crippen molar-refractivity contribution in [2.45, 2.75) is 19.9 Å². The van der Waals surface area contributed by atoms with Crippen LogP contribution in [0.4, 0.5) is 5.69 Å². The average molecular weight is 435 g/mol. The van der Waals surface area contributed by atoms with Crippen molar-refractivity contribution in [2.24, 2.45) is 0 Å². The molecule has 0 saturated heterocycles. The highest BCUT2D eigenvalue weighted by atomic mass is 16.3. The van der Waals surface area contributed by atoms with Crippen molar-refractivity contribution in [3.8, 4) is 33.8 Å². The molecular weight excluding hydrogens is 414 g/mol. The van der Waals surface area contributed by atoms with Crippen LogP contribution in [0.2, 0.25) is 0 Å². The van der Waals surface area contributed by atoms with Gasteiger partial charge in [0.2, 0.25) is 0 Å². The minimum Gasteiger partial charge on any atom is -0.472 e. The first-order valence-corrected chi connectivity index (χ1v) is 10.7. The summed E-state index contributed by atoms with van der Waals surface area (Å²) in [7, 11) is 0. The standard InChI is InChI=1S/C25H21N7O/c1-14(2)28-18-9-17(11-26-12-18)15-3-4-21-20(10-15)23(32-31-21)25-29-22-19(16-6-8-33-13-16)5-7-27-24(22)30-25/h3-14,28H,1-2H3,(H,31,32)(H,27,29,30). The number of anilines is 1. The molecule has 5 heterocycles. The summed E-state index contributed by atoms with van der Waals surface area (Å²) in [5.74, 6) is 0.658. The molecule has 0 saturated carbocycles. The van der Waals surface area contributed by atoms with Gasteiger partial charge in [-0.05, 0) is 49.7 Å². The second-order valence-corrected chi connectivity index (χ2v) is 8.25. The van der Waals surface area contributed by atoms with Crippen LogP contribution in [0.3, 0.4) is 0 Å². The van der Waals surface area contributed by atoms with Crippen LogP contribution < -0.4 is 5.32 Å². The first-order valence-electron chi connectivity index (χ1n) is 10.7. The molecule has 5 aromatic heterocycles. The van der Waals surface area contributed by atoms with Gasteiger partial charge in [0.15, 0.2) is 11.5 Å².